The Kier molecular flexibility index (Phi) is 3.45. The van der Waals surface area contributed by atoms with Crippen molar-refractivity contribution < 1.29 is 9.53 Å². The molecule has 4 nitrogen and oxygen atoms in total. The fourth-order valence-electron chi connectivity index (χ4n) is 2.78. The van der Waals surface area contributed by atoms with Gasteiger partial charge < -0.3 is 14.2 Å². The minimum Gasteiger partial charge on any atom is -0.488 e. The molecular weight excluding hydrogens is 264 g/mol. The van der Waals surface area contributed by atoms with Gasteiger partial charge in [0.15, 0.2) is 0 Å². The van der Waals surface area contributed by atoms with Gasteiger partial charge >= 0.3 is 0 Å². The second-order valence-electron chi connectivity index (χ2n) is 5.66. The van der Waals surface area contributed by atoms with Gasteiger partial charge in [-0.3, -0.25) is 4.79 Å². The number of fused-ring (bicyclic) bond motifs is 1. The molecule has 0 fully saturated rings. The molecule has 3 rings (SSSR count). The number of aryl methyl sites for hydroxylation is 1. The van der Waals surface area contributed by atoms with Gasteiger partial charge in [0.1, 0.15) is 11.9 Å². The van der Waals surface area contributed by atoms with Crippen LogP contribution in [0, 0.1) is 6.92 Å². The van der Waals surface area contributed by atoms with Gasteiger partial charge in [-0.2, -0.15) is 0 Å². The molecule has 1 unspecified atom stereocenters. The van der Waals surface area contributed by atoms with Crippen LogP contribution in [0.5, 0.6) is 5.75 Å². The van der Waals surface area contributed by atoms with Gasteiger partial charge in [-0.1, -0.05) is 18.2 Å². The van der Waals surface area contributed by atoms with E-state index < -0.39 is 0 Å². The Morgan fingerprint density at radius 1 is 1.38 bits per heavy atom. The Labute approximate surface area is 124 Å². The molecule has 0 saturated heterocycles. The SMILES string of the molecule is Cc1c(C(=O)N(C)CC2Cc3ccccc3O2)ccn1C. The number of carbonyl (C=O) groups excluding carboxylic acids is 1. The van der Waals surface area contributed by atoms with Crippen LogP contribution in [0.1, 0.15) is 21.6 Å². The fraction of sp³-hybridized carbons (Fsp3) is 0.353. The van der Waals surface area contributed by atoms with E-state index >= 15 is 0 Å². The molecule has 0 bridgehead atoms. The molecule has 2 heterocycles. The van der Waals surface area contributed by atoms with Crippen LogP contribution in [0.4, 0.5) is 0 Å². The minimum atomic E-state index is 0.0420. The summed E-state index contributed by atoms with van der Waals surface area (Å²) in [4.78, 5) is 14.2. The molecule has 0 saturated carbocycles. The Balaban J connectivity index is 1.67. The van der Waals surface area contributed by atoms with E-state index in [1.807, 2.05) is 56.0 Å². The quantitative estimate of drug-likeness (QED) is 0.867. The molecule has 110 valence electrons. The first-order valence-corrected chi connectivity index (χ1v) is 7.18. The number of likely N-dealkylation sites (N-methyl/N-ethyl adjacent to an activating group) is 1. The number of aromatic nitrogens is 1. The summed E-state index contributed by atoms with van der Waals surface area (Å²) in [6.07, 6.45) is 2.82. The van der Waals surface area contributed by atoms with E-state index in [9.17, 15) is 4.79 Å². The number of amides is 1. The third kappa shape index (κ3) is 2.53. The third-order valence-electron chi connectivity index (χ3n) is 4.15. The lowest BCUT2D eigenvalue weighted by molar-refractivity contribution is 0.0729. The van der Waals surface area contributed by atoms with Crippen molar-refractivity contribution in [3.63, 3.8) is 0 Å². The Hall–Kier alpha value is -2.23. The lowest BCUT2D eigenvalue weighted by Crippen LogP contribution is -2.36. The molecule has 1 aliphatic rings. The lowest BCUT2D eigenvalue weighted by atomic mass is 10.1. The largest absolute Gasteiger partial charge is 0.488 e. The molecule has 21 heavy (non-hydrogen) atoms. The number of para-hydroxylation sites is 1. The first-order valence-electron chi connectivity index (χ1n) is 7.18. The van der Waals surface area contributed by atoms with Crippen LogP contribution in [0.2, 0.25) is 0 Å². The van der Waals surface area contributed by atoms with E-state index in [1.54, 1.807) is 4.90 Å². The van der Waals surface area contributed by atoms with Crippen molar-refractivity contribution in [3.05, 3.63) is 53.3 Å². The molecule has 1 aliphatic heterocycles. The summed E-state index contributed by atoms with van der Waals surface area (Å²) in [5, 5.41) is 0. The lowest BCUT2D eigenvalue weighted by Gasteiger charge is -2.21. The monoisotopic (exact) mass is 284 g/mol. The number of benzene rings is 1. The van der Waals surface area contributed by atoms with Crippen LogP contribution in [0.3, 0.4) is 0 Å². The fourth-order valence-corrected chi connectivity index (χ4v) is 2.78. The number of hydrogen-bond donors (Lipinski definition) is 0. The van der Waals surface area contributed by atoms with Crippen molar-refractivity contribution in [2.45, 2.75) is 19.4 Å². The van der Waals surface area contributed by atoms with Gasteiger partial charge in [0.05, 0.1) is 12.1 Å². The number of ether oxygens (including phenoxy) is 1. The van der Waals surface area contributed by atoms with Gasteiger partial charge in [-0.15, -0.1) is 0 Å². The van der Waals surface area contributed by atoms with Gasteiger partial charge in [-0.25, -0.2) is 0 Å². The van der Waals surface area contributed by atoms with Crippen LogP contribution >= 0.6 is 0 Å². The van der Waals surface area contributed by atoms with Crippen LogP contribution in [-0.2, 0) is 13.5 Å². The molecule has 0 N–H and O–H groups in total. The molecule has 0 radical (unpaired) electrons. The molecular formula is C17H20N2O2. The minimum absolute atomic E-state index is 0.0420. The first kappa shape index (κ1) is 13.7. The Bertz CT molecular complexity index is 650. The van der Waals surface area contributed by atoms with E-state index in [2.05, 4.69) is 6.07 Å². The zero-order chi connectivity index (χ0) is 15.0. The number of hydrogen-bond acceptors (Lipinski definition) is 2. The van der Waals surface area contributed by atoms with Crippen molar-refractivity contribution in [3.8, 4) is 5.75 Å². The van der Waals surface area contributed by atoms with E-state index in [0.29, 0.717) is 6.54 Å². The summed E-state index contributed by atoms with van der Waals surface area (Å²) in [5.41, 5.74) is 2.97. The van der Waals surface area contributed by atoms with Gasteiger partial charge in [0.25, 0.3) is 5.91 Å². The van der Waals surface area contributed by atoms with Crippen molar-refractivity contribution in [2.24, 2.45) is 7.05 Å². The standard InChI is InChI=1S/C17H20N2O2/c1-12-15(8-9-18(12)2)17(20)19(3)11-14-10-13-6-4-5-7-16(13)21-14/h4-9,14H,10-11H2,1-3H3. The van der Waals surface area contributed by atoms with E-state index in [4.69, 9.17) is 4.74 Å². The second kappa shape index (κ2) is 5.28. The predicted octanol–water partition coefficient (Wildman–Crippen LogP) is 2.41. The van der Waals surface area contributed by atoms with Crippen molar-refractivity contribution in [2.75, 3.05) is 13.6 Å². The summed E-state index contributed by atoms with van der Waals surface area (Å²) in [6.45, 7) is 2.56. The highest BCUT2D eigenvalue weighted by molar-refractivity contribution is 5.95. The molecule has 4 heteroatoms. The zero-order valence-electron chi connectivity index (χ0n) is 12.7. The number of nitrogens with zero attached hydrogens (tertiary/aromatic N) is 2. The highest BCUT2D eigenvalue weighted by Crippen LogP contribution is 2.28. The summed E-state index contributed by atoms with van der Waals surface area (Å²) in [5.74, 6) is 0.992. The van der Waals surface area contributed by atoms with Crippen LogP contribution in [0.15, 0.2) is 36.5 Å². The molecule has 1 aromatic heterocycles. The maximum atomic E-state index is 12.5. The highest BCUT2D eigenvalue weighted by Gasteiger charge is 2.26. The van der Waals surface area contributed by atoms with Gasteiger partial charge in [0, 0.05) is 32.4 Å². The molecule has 1 aromatic carbocycles. The van der Waals surface area contributed by atoms with E-state index in [0.717, 1.165) is 23.4 Å². The first-order chi connectivity index (χ1) is 10.1. The Morgan fingerprint density at radius 3 is 2.81 bits per heavy atom. The third-order valence-corrected chi connectivity index (χ3v) is 4.15. The van der Waals surface area contributed by atoms with Crippen LogP contribution in [0.25, 0.3) is 0 Å². The summed E-state index contributed by atoms with van der Waals surface area (Å²) in [7, 11) is 3.78. The van der Waals surface area contributed by atoms with Crippen molar-refractivity contribution >= 4 is 5.91 Å². The average Bonchev–Trinajstić information content (AvgIpc) is 3.02. The van der Waals surface area contributed by atoms with Crippen molar-refractivity contribution in [1.82, 2.24) is 9.47 Å². The second-order valence-corrected chi connectivity index (χ2v) is 5.66. The summed E-state index contributed by atoms with van der Waals surface area (Å²) in [6, 6.07) is 9.94. The van der Waals surface area contributed by atoms with E-state index in [1.165, 1.54) is 5.56 Å². The smallest absolute Gasteiger partial charge is 0.255 e. The van der Waals surface area contributed by atoms with Crippen LogP contribution < -0.4 is 4.74 Å². The molecule has 0 aliphatic carbocycles. The van der Waals surface area contributed by atoms with Gasteiger partial charge in [-0.05, 0) is 24.6 Å². The average molecular weight is 284 g/mol. The summed E-state index contributed by atoms with van der Waals surface area (Å²) < 4.78 is 7.86. The van der Waals surface area contributed by atoms with E-state index in [-0.39, 0.29) is 12.0 Å². The maximum absolute atomic E-state index is 12.5. The molecule has 1 amide bonds. The topological polar surface area (TPSA) is 34.5 Å². The molecule has 2 aromatic rings. The van der Waals surface area contributed by atoms with Gasteiger partial charge in [0.2, 0.25) is 0 Å². The zero-order valence-corrected chi connectivity index (χ0v) is 12.7. The van der Waals surface area contributed by atoms with Crippen LogP contribution in [-0.4, -0.2) is 35.1 Å². The maximum Gasteiger partial charge on any atom is 0.255 e. The van der Waals surface area contributed by atoms with Crippen molar-refractivity contribution in [1.29, 1.82) is 0 Å². The normalized spacial score (nSPS) is 16.4. The number of rotatable bonds is 3. The Morgan fingerprint density at radius 2 is 2.14 bits per heavy atom. The summed E-state index contributed by atoms with van der Waals surface area (Å²) >= 11 is 0. The highest BCUT2D eigenvalue weighted by atomic mass is 16.5. The molecule has 0 spiro atoms. The predicted molar refractivity (Wildman–Crippen MR) is 81.7 cm³/mol. The molecule has 1 atom stereocenters. The number of carbonyl (C=O) groups is 1.